The lowest BCUT2D eigenvalue weighted by molar-refractivity contribution is -0.159. The molecular weight excluding hydrogens is 370 g/mol. The molecule has 1 N–H and O–H groups in total. The van der Waals surface area contributed by atoms with Crippen LogP contribution in [-0.2, 0) is 14.3 Å². The number of carbonyl (C=O) groups is 2. The number of carbonyl (C=O) groups excluding carboxylic acids is 1. The van der Waals surface area contributed by atoms with Crippen LogP contribution in [-0.4, -0.2) is 55.0 Å². The zero-order valence-corrected chi connectivity index (χ0v) is 16.0. The first-order chi connectivity index (χ1) is 14.1. The number of nitrogens with zero attached hydrogens (tertiary/aromatic N) is 1. The Morgan fingerprint density at radius 1 is 1.10 bits per heavy atom. The zero-order chi connectivity index (χ0) is 20.0. The first kappa shape index (κ1) is 18.2. The highest BCUT2D eigenvalue weighted by Gasteiger charge is 2.55. The van der Waals surface area contributed by atoms with Crippen LogP contribution in [0.15, 0.2) is 48.5 Å². The van der Waals surface area contributed by atoms with Gasteiger partial charge in [-0.15, -0.1) is 0 Å². The highest BCUT2D eigenvalue weighted by Crippen LogP contribution is 2.45. The number of benzene rings is 2. The molecule has 6 heteroatoms. The second-order valence-corrected chi connectivity index (χ2v) is 8.18. The molecule has 0 bridgehead atoms. The molecule has 2 aromatic rings. The fourth-order valence-electron chi connectivity index (χ4n) is 5.11. The van der Waals surface area contributed by atoms with Crippen LogP contribution in [0.5, 0.6) is 0 Å². The molecule has 2 atom stereocenters. The minimum Gasteiger partial charge on any atom is -0.481 e. The molecule has 29 heavy (non-hydrogen) atoms. The molecule has 2 heterocycles. The lowest BCUT2D eigenvalue weighted by atomic mass is 9.76. The maximum Gasteiger partial charge on any atom is 0.409 e. The number of hydrogen-bond acceptors (Lipinski definition) is 4. The van der Waals surface area contributed by atoms with Gasteiger partial charge in [0.25, 0.3) is 0 Å². The molecule has 0 aromatic heterocycles. The second-order valence-electron chi connectivity index (χ2n) is 8.18. The van der Waals surface area contributed by atoms with Crippen LogP contribution < -0.4 is 0 Å². The van der Waals surface area contributed by atoms with Gasteiger partial charge in [-0.05, 0) is 34.6 Å². The van der Waals surface area contributed by atoms with E-state index in [1.807, 2.05) is 24.3 Å². The monoisotopic (exact) mass is 393 g/mol. The number of ether oxygens (including phenoxy) is 2. The smallest absolute Gasteiger partial charge is 0.409 e. The van der Waals surface area contributed by atoms with Crippen molar-refractivity contribution in [2.75, 3.05) is 32.9 Å². The van der Waals surface area contributed by atoms with E-state index in [0.29, 0.717) is 19.6 Å². The van der Waals surface area contributed by atoms with E-state index in [2.05, 4.69) is 24.3 Å². The molecule has 0 unspecified atom stereocenters. The molecule has 3 aliphatic rings. The molecular formula is C23H23NO5. The number of amides is 1. The van der Waals surface area contributed by atoms with Gasteiger partial charge in [-0.1, -0.05) is 48.5 Å². The molecule has 1 aliphatic carbocycles. The summed E-state index contributed by atoms with van der Waals surface area (Å²) in [4.78, 5) is 26.3. The van der Waals surface area contributed by atoms with Crippen molar-refractivity contribution in [3.8, 4) is 11.1 Å². The Bertz CT molecular complexity index is 928. The molecule has 150 valence electrons. The maximum absolute atomic E-state index is 12.8. The number of aliphatic carboxylic acids is 1. The van der Waals surface area contributed by atoms with Crippen LogP contribution in [0, 0.1) is 11.3 Å². The van der Waals surface area contributed by atoms with Gasteiger partial charge in [0.1, 0.15) is 12.0 Å². The van der Waals surface area contributed by atoms with Crippen molar-refractivity contribution >= 4 is 12.1 Å². The normalized spacial score (nSPS) is 25.2. The Morgan fingerprint density at radius 3 is 2.38 bits per heavy atom. The van der Waals surface area contributed by atoms with Gasteiger partial charge in [-0.3, -0.25) is 4.79 Å². The van der Waals surface area contributed by atoms with Gasteiger partial charge in [0.15, 0.2) is 0 Å². The number of fused-ring (bicyclic) bond motifs is 4. The first-order valence-corrected chi connectivity index (χ1v) is 10.0. The Labute approximate surface area is 169 Å². The number of likely N-dealkylation sites (tertiary alicyclic amines) is 1. The van der Waals surface area contributed by atoms with E-state index in [9.17, 15) is 14.7 Å². The van der Waals surface area contributed by atoms with Crippen LogP contribution in [0.4, 0.5) is 4.79 Å². The van der Waals surface area contributed by atoms with Crippen molar-refractivity contribution in [2.45, 2.75) is 12.3 Å². The molecule has 1 amide bonds. The summed E-state index contributed by atoms with van der Waals surface area (Å²) in [5, 5.41) is 9.76. The van der Waals surface area contributed by atoms with E-state index in [0.717, 1.165) is 11.1 Å². The third kappa shape index (κ3) is 2.82. The Morgan fingerprint density at radius 2 is 1.76 bits per heavy atom. The summed E-state index contributed by atoms with van der Waals surface area (Å²) in [6.07, 6.45) is 0.210. The van der Waals surface area contributed by atoms with Crippen molar-refractivity contribution in [1.29, 1.82) is 0 Å². The molecule has 2 saturated heterocycles. The Balaban J connectivity index is 1.32. The van der Waals surface area contributed by atoms with E-state index in [4.69, 9.17) is 9.47 Å². The SMILES string of the molecule is O=C(OCC1c2ccccc2-c2ccccc21)N1C[C@H]2CCOC[C@@]2(C(=O)O)C1. The average molecular weight is 393 g/mol. The molecule has 6 nitrogen and oxygen atoms in total. The summed E-state index contributed by atoms with van der Waals surface area (Å²) in [6.45, 7) is 1.49. The number of rotatable bonds is 3. The van der Waals surface area contributed by atoms with E-state index in [-0.39, 0.29) is 31.6 Å². The summed E-state index contributed by atoms with van der Waals surface area (Å²) in [7, 11) is 0. The fraction of sp³-hybridized carbons (Fsp3) is 0.391. The molecule has 5 rings (SSSR count). The summed E-state index contributed by atoms with van der Waals surface area (Å²) in [5.74, 6) is -0.988. The fourth-order valence-corrected chi connectivity index (χ4v) is 5.11. The standard InChI is InChI=1S/C23H23NO5/c25-21(26)23-13-24(11-15(23)9-10-28-14-23)22(27)29-12-20-18-7-3-1-5-16(18)17-6-2-4-8-19(17)20/h1-8,15,20H,9-14H2,(H,25,26)/t15-,23+/m1/s1. The summed E-state index contributed by atoms with van der Waals surface area (Å²) >= 11 is 0. The van der Waals surface area contributed by atoms with Gasteiger partial charge in [0.05, 0.1) is 6.61 Å². The quantitative estimate of drug-likeness (QED) is 0.865. The Kier molecular flexibility index (Phi) is 4.32. The van der Waals surface area contributed by atoms with Crippen molar-refractivity contribution < 1.29 is 24.2 Å². The molecule has 2 aliphatic heterocycles. The number of hydrogen-bond donors (Lipinski definition) is 1. The van der Waals surface area contributed by atoms with Gasteiger partial charge in [0.2, 0.25) is 0 Å². The molecule has 2 fully saturated rings. The molecule has 0 radical (unpaired) electrons. The van der Waals surface area contributed by atoms with Crippen LogP contribution in [0.2, 0.25) is 0 Å². The minimum atomic E-state index is -1.01. The lowest BCUT2D eigenvalue weighted by Gasteiger charge is -2.33. The maximum atomic E-state index is 12.8. The van der Waals surface area contributed by atoms with E-state index >= 15 is 0 Å². The van der Waals surface area contributed by atoms with Crippen molar-refractivity contribution in [3.63, 3.8) is 0 Å². The van der Waals surface area contributed by atoms with E-state index in [1.165, 1.54) is 11.1 Å². The molecule has 0 spiro atoms. The Hall–Kier alpha value is -2.86. The minimum absolute atomic E-state index is 0.00648. The highest BCUT2D eigenvalue weighted by atomic mass is 16.6. The summed E-state index contributed by atoms with van der Waals surface area (Å²) < 4.78 is 11.1. The van der Waals surface area contributed by atoms with Gasteiger partial charge in [-0.25, -0.2) is 4.79 Å². The topological polar surface area (TPSA) is 76.1 Å². The molecule has 0 saturated carbocycles. The van der Waals surface area contributed by atoms with E-state index in [1.54, 1.807) is 4.90 Å². The highest BCUT2D eigenvalue weighted by molar-refractivity contribution is 5.80. The van der Waals surface area contributed by atoms with Crippen LogP contribution in [0.3, 0.4) is 0 Å². The lowest BCUT2D eigenvalue weighted by Crippen LogP contribution is -2.46. The van der Waals surface area contributed by atoms with Crippen molar-refractivity contribution in [2.24, 2.45) is 11.3 Å². The second kappa shape index (κ2) is 6.88. The predicted molar refractivity (Wildman–Crippen MR) is 106 cm³/mol. The van der Waals surface area contributed by atoms with Crippen LogP contribution in [0.1, 0.15) is 23.5 Å². The average Bonchev–Trinajstić information content (AvgIpc) is 3.30. The van der Waals surface area contributed by atoms with E-state index < -0.39 is 17.5 Å². The van der Waals surface area contributed by atoms with Gasteiger partial charge >= 0.3 is 12.1 Å². The predicted octanol–water partition coefficient (Wildman–Crippen LogP) is 3.36. The van der Waals surface area contributed by atoms with Crippen molar-refractivity contribution in [3.05, 3.63) is 59.7 Å². The van der Waals surface area contributed by atoms with Crippen LogP contribution in [0.25, 0.3) is 11.1 Å². The van der Waals surface area contributed by atoms with Gasteiger partial charge in [0, 0.05) is 25.6 Å². The van der Waals surface area contributed by atoms with Gasteiger partial charge in [-0.2, -0.15) is 0 Å². The van der Waals surface area contributed by atoms with Crippen molar-refractivity contribution in [1.82, 2.24) is 4.90 Å². The zero-order valence-electron chi connectivity index (χ0n) is 16.0. The molecule has 2 aromatic carbocycles. The third-order valence-electron chi connectivity index (χ3n) is 6.69. The third-order valence-corrected chi connectivity index (χ3v) is 6.69. The van der Waals surface area contributed by atoms with Gasteiger partial charge < -0.3 is 19.5 Å². The van der Waals surface area contributed by atoms with Crippen LogP contribution >= 0.6 is 0 Å². The number of carboxylic acid groups (broad SMARTS) is 1. The summed E-state index contributed by atoms with van der Waals surface area (Å²) in [5.41, 5.74) is 3.67. The summed E-state index contributed by atoms with van der Waals surface area (Å²) in [6, 6.07) is 16.4. The largest absolute Gasteiger partial charge is 0.481 e. The first-order valence-electron chi connectivity index (χ1n) is 10.0. The number of carboxylic acids is 1.